The van der Waals surface area contributed by atoms with Crippen molar-refractivity contribution in [3.8, 4) is 11.5 Å². The molecule has 0 saturated carbocycles. The van der Waals surface area contributed by atoms with Gasteiger partial charge in [0.15, 0.2) is 11.5 Å². The van der Waals surface area contributed by atoms with Crippen LogP contribution in [0.1, 0.15) is 11.6 Å². The van der Waals surface area contributed by atoms with Gasteiger partial charge >= 0.3 is 0 Å². The van der Waals surface area contributed by atoms with Crippen LogP contribution in [-0.4, -0.2) is 63.4 Å². The molecule has 0 aromatic heterocycles. The van der Waals surface area contributed by atoms with E-state index in [1.807, 2.05) is 13.1 Å². The van der Waals surface area contributed by atoms with Crippen LogP contribution in [0.15, 0.2) is 18.2 Å². The summed E-state index contributed by atoms with van der Waals surface area (Å²) in [5.41, 5.74) is 1.26. The number of rotatable bonds is 4. The summed E-state index contributed by atoms with van der Waals surface area (Å²) in [6, 6.07) is 6.56. The van der Waals surface area contributed by atoms with E-state index in [-0.39, 0.29) is 0 Å². The standard InChI is InChI=1S/C15H23N3O2/c1-16-13(10-18-7-5-17(2)6-8-18)12-3-4-14-15(9-12)20-11-19-14/h3-4,9,13,16H,5-8,10-11H2,1-2H3. The van der Waals surface area contributed by atoms with Gasteiger partial charge in [-0.1, -0.05) is 6.07 Å². The molecule has 1 N–H and O–H groups in total. The van der Waals surface area contributed by atoms with Crippen molar-refractivity contribution in [2.75, 3.05) is 53.6 Å². The molecule has 2 aliphatic rings. The monoisotopic (exact) mass is 277 g/mol. The van der Waals surface area contributed by atoms with Crippen molar-refractivity contribution in [2.24, 2.45) is 0 Å². The van der Waals surface area contributed by atoms with Gasteiger partial charge < -0.3 is 19.7 Å². The second-order valence-electron chi connectivity index (χ2n) is 5.56. The minimum absolute atomic E-state index is 0.327. The van der Waals surface area contributed by atoms with Gasteiger partial charge in [0.2, 0.25) is 6.79 Å². The lowest BCUT2D eigenvalue weighted by Crippen LogP contribution is -2.47. The summed E-state index contributed by atoms with van der Waals surface area (Å²) < 4.78 is 10.8. The number of likely N-dealkylation sites (N-methyl/N-ethyl adjacent to an activating group) is 2. The Morgan fingerprint density at radius 1 is 1.15 bits per heavy atom. The van der Waals surface area contributed by atoms with E-state index >= 15 is 0 Å². The van der Waals surface area contributed by atoms with Crippen LogP contribution in [0, 0.1) is 0 Å². The van der Waals surface area contributed by atoms with Crippen molar-refractivity contribution in [1.82, 2.24) is 15.1 Å². The number of benzene rings is 1. The second kappa shape index (κ2) is 5.99. The Bertz CT molecular complexity index is 458. The number of nitrogens with zero attached hydrogens (tertiary/aromatic N) is 2. The molecule has 1 fully saturated rings. The highest BCUT2D eigenvalue weighted by molar-refractivity contribution is 5.45. The van der Waals surface area contributed by atoms with Crippen molar-refractivity contribution in [3.63, 3.8) is 0 Å². The number of piperazine rings is 1. The summed E-state index contributed by atoms with van der Waals surface area (Å²) >= 11 is 0. The van der Waals surface area contributed by atoms with Gasteiger partial charge in [-0.05, 0) is 31.8 Å². The summed E-state index contributed by atoms with van der Waals surface area (Å²) in [5.74, 6) is 1.71. The highest BCUT2D eigenvalue weighted by Gasteiger charge is 2.21. The van der Waals surface area contributed by atoms with Gasteiger partial charge in [-0.2, -0.15) is 0 Å². The fourth-order valence-corrected chi connectivity index (χ4v) is 2.78. The Kier molecular flexibility index (Phi) is 4.10. The first kappa shape index (κ1) is 13.7. The quantitative estimate of drug-likeness (QED) is 0.886. The predicted octanol–water partition coefficient (Wildman–Crippen LogP) is 0.923. The van der Waals surface area contributed by atoms with Crippen molar-refractivity contribution in [1.29, 1.82) is 0 Å². The Labute approximate surface area is 120 Å². The summed E-state index contributed by atoms with van der Waals surface area (Å²) in [4.78, 5) is 4.90. The molecule has 0 amide bonds. The summed E-state index contributed by atoms with van der Waals surface area (Å²) in [5, 5.41) is 3.42. The summed E-state index contributed by atoms with van der Waals surface area (Å²) in [7, 11) is 4.20. The molecule has 5 heteroatoms. The maximum Gasteiger partial charge on any atom is 0.231 e. The van der Waals surface area contributed by atoms with Crippen molar-refractivity contribution >= 4 is 0 Å². The minimum atomic E-state index is 0.327. The van der Waals surface area contributed by atoms with Gasteiger partial charge in [0.25, 0.3) is 0 Å². The van der Waals surface area contributed by atoms with Gasteiger partial charge in [-0.15, -0.1) is 0 Å². The van der Waals surface area contributed by atoms with Crippen LogP contribution in [-0.2, 0) is 0 Å². The van der Waals surface area contributed by atoms with E-state index in [1.165, 1.54) is 5.56 Å². The number of nitrogens with one attached hydrogen (secondary N) is 1. The lowest BCUT2D eigenvalue weighted by Gasteiger charge is -2.34. The zero-order valence-corrected chi connectivity index (χ0v) is 12.3. The van der Waals surface area contributed by atoms with Crippen LogP contribution in [0.3, 0.4) is 0 Å². The first-order chi connectivity index (χ1) is 9.76. The van der Waals surface area contributed by atoms with Gasteiger partial charge in [0.1, 0.15) is 0 Å². The second-order valence-corrected chi connectivity index (χ2v) is 5.56. The van der Waals surface area contributed by atoms with Crippen LogP contribution in [0.5, 0.6) is 11.5 Å². The normalized spacial score (nSPS) is 21.1. The maximum absolute atomic E-state index is 5.47. The first-order valence-corrected chi connectivity index (χ1v) is 7.24. The molecule has 0 radical (unpaired) electrons. The molecule has 1 atom stereocenters. The van der Waals surface area contributed by atoms with Crippen molar-refractivity contribution < 1.29 is 9.47 Å². The Morgan fingerprint density at radius 3 is 2.65 bits per heavy atom. The third kappa shape index (κ3) is 2.90. The van der Waals surface area contributed by atoms with Gasteiger partial charge in [-0.25, -0.2) is 0 Å². The fourth-order valence-electron chi connectivity index (χ4n) is 2.78. The SMILES string of the molecule is CNC(CN1CCN(C)CC1)c1ccc2c(c1)OCO2. The molecule has 110 valence electrons. The molecule has 1 aromatic carbocycles. The number of hydrogen-bond acceptors (Lipinski definition) is 5. The summed E-state index contributed by atoms with van der Waals surface area (Å²) in [6.45, 7) is 5.94. The Hall–Kier alpha value is -1.30. The van der Waals surface area contributed by atoms with E-state index < -0.39 is 0 Å². The molecule has 0 aliphatic carbocycles. The Balaban J connectivity index is 1.67. The smallest absolute Gasteiger partial charge is 0.231 e. The Morgan fingerprint density at radius 2 is 1.90 bits per heavy atom. The van der Waals surface area contributed by atoms with E-state index in [0.29, 0.717) is 12.8 Å². The van der Waals surface area contributed by atoms with E-state index in [1.54, 1.807) is 0 Å². The van der Waals surface area contributed by atoms with Gasteiger partial charge in [0.05, 0.1) is 0 Å². The van der Waals surface area contributed by atoms with Crippen LogP contribution in [0.2, 0.25) is 0 Å². The van der Waals surface area contributed by atoms with Crippen molar-refractivity contribution in [2.45, 2.75) is 6.04 Å². The molecule has 20 heavy (non-hydrogen) atoms. The van der Waals surface area contributed by atoms with Gasteiger partial charge in [0, 0.05) is 38.8 Å². The first-order valence-electron chi connectivity index (χ1n) is 7.24. The average Bonchev–Trinajstić information content (AvgIpc) is 2.94. The molecule has 5 nitrogen and oxygen atoms in total. The molecular weight excluding hydrogens is 254 g/mol. The predicted molar refractivity (Wildman–Crippen MR) is 78.3 cm³/mol. The molecule has 1 aromatic rings. The third-order valence-corrected chi connectivity index (χ3v) is 4.18. The molecular formula is C15H23N3O2. The van der Waals surface area contributed by atoms with Crippen molar-refractivity contribution in [3.05, 3.63) is 23.8 Å². The largest absolute Gasteiger partial charge is 0.454 e. The van der Waals surface area contributed by atoms with Crippen LogP contribution >= 0.6 is 0 Å². The highest BCUT2D eigenvalue weighted by atomic mass is 16.7. The lowest BCUT2D eigenvalue weighted by molar-refractivity contribution is 0.143. The van der Waals surface area contributed by atoms with Crippen LogP contribution in [0.25, 0.3) is 0 Å². The zero-order valence-electron chi connectivity index (χ0n) is 12.3. The summed E-state index contributed by atoms with van der Waals surface area (Å²) in [6.07, 6.45) is 0. The fraction of sp³-hybridized carbons (Fsp3) is 0.600. The van der Waals surface area contributed by atoms with E-state index in [9.17, 15) is 0 Å². The van der Waals surface area contributed by atoms with Crippen LogP contribution < -0.4 is 14.8 Å². The molecule has 1 saturated heterocycles. The zero-order chi connectivity index (χ0) is 13.9. The minimum Gasteiger partial charge on any atom is -0.454 e. The number of ether oxygens (including phenoxy) is 2. The molecule has 2 heterocycles. The highest BCUT2D eigenvalue weighted by Crippen LogP contribution is 2.34. The van der Waals surface area contributed by atoms with E-state index in [4.69, 9.17) is 9.47 Å². The van der Waals surface area contributed by atoms with E-state index in [2.05, 4.69) is 34.3 Å². The molecule has 1 unspecified atom stereocenters. The topological polar surface area (TPSA) is 37.0 Å². The maximum atomic E-state index is 5.47. The molecule has 3 rings (SSSR count). The molecule has 2 aliphatic heterocycles. The van der Waals surface area contributed by atoms with Crippen LogP contribution in [0.4, 0.5) is 0 Å². The van der Waals surface area contributed by atoms with E-state index in [0.717, 1.165) is 44.2 Å². The third-order valence-electron chi connectivity index (χ3n) is 4.18. The number of fused-ring (bicyclic) bond motifs is 1. The average molecular weight is 277 g/mol. The lowest BCUT2D eigenvalue weighted by atomic mass is 10.1. The molecule has 0 spiro atoms. The number of hydrogen-bond donors (Lipinski definition) is 1. The van der Waals surface area contributed by atoms with Gasteiger partial charge in [-0.3, -0.25) is 4.90 Å². The molecule has 0 bridgehead atoms.